The number of piperidine rings is 1. The summed E-state index contributed by atoms with van der Waals surface area (Å²) < 4.78 is 0. The van der Waals surface area contributed by atoms with Crippen LogP contribution in [0.1, 0.15) is 39.0 Å². The highest BCUT2D eigenvalue weighted by Gasteiger charge is 2.46. The zero-order valence-electron chi connectivity index (χ0n) is 8.94. The summed E-state index contributed by atoms with van der Waals surface area (Å²) in [5.74, 6) is 0.269. The van der Waals surface area contributed by atoms with Gasteiger partial charge in [-0.2, -0.15) is 0 Å². The summed E-state index contributed by atoms with van der Waals surface area (Å²) in [4.78, 5) is 11.5. The highest BCUT2D eigenvalue weighted by molar-refractivity contribution is 5.80. The third-order valence-electron chi connectivity index (χ3n) is 3.76. The smallest absolute Gasteiger partial charge is 0.220 e. The van der Waals surface area contributed by atoms with Gasteiger partial charge < -0.3 is 10.6 Å². The van der Waals surface area contributed by atoms with E-state index in [-0.39, 0.29) is 5.91 Å². The molecule has 2 aliphatic rings. The molecule has 1 amide bonds. The molecule has 0 aliphatic carbocycles. The number of amides is 1. The van der Waals surface area contributed by atoms with E-state index in [9.17, 15) is 4.79 Å². The van der Waals surface area contributed by atoms with E-state index in [0.717, 1.165) is 38.8 Å². The Kier molecular flexibility index (Phi) is 2.77. The summed E-state index contributed by atoms with van der Waals surface area (Å²) in [5, 5.41) is 6.52. The topological polar surface area (TPSA) is 41.1 Å². The van der Waals surface area contributed by atoms with Crippen LogP contribution in [0, 0.1) is 5.41 Å². The molecule has 3 nitrogen and oxygen atoms in total. The van der Waals surface area contributed by atoms with Crippen molar-refractivity contribution in [3.63, 3.8) is 0 Å². The summed E-state index contributed by atoms with van der Waals surface area (Å²) >= 11 is 0. The molecule has 2 fully saturated rings. The molecule has 0 aromatic carbocycles. The summed E-state index contributed by atoms with van der Waals surface area (Å²) in [7, 11) is 0. The number of carbonyl (C=O) groups is 1. The first-order valence-electron chi connectivity index (χ1n) is 5.77. The normalized spacial score (nSPS) is 30.6. The lowest BCUT2D eigenvalue weighted by molar-refractivity contribution is -0.119. The minimum Gasteiger partial charge on any atom is -0.353 e. The maximum atomic E-state index is 11.5. The summed E-state index contributed by atoms with van der Waals surface area (Å²) in [5.41, 5.74) is 0.290. The second kappa shape index (κ2) is 3.89. The third kappa shape index (κ3) is 1.65. The first kappa shape index (κ1) is 9.97. The summed E-state index contributed by atoms with van der Waals surface area (Å²) in [6.07, 6.45) is 5.40. The molecule has 2 N–H and O–H groups in total. The van der Waals surface area contributed by atoms with Crippen molar-refractivity contribution in [2.45, 2.75) is 45.1 Å². The van der Waals surface area contributed by atoms with Crippen molar-refractivity contribution in [1.29, 1.82) is 0 Å². The Balaban J connectivity index is 2.09. The van der Waals surface area contributed by atoms with Crippen LogP contribution in [0.3, 0.4) is 0 Å². The van der Waals surface area contributed by atoms with Gasteiger partial charge in [0.1, 0.15) is 0 Å². The van der Waals surface area contributed by atoms with Gasteiger partial charge in [-0.25, -0.2) is 0 Å². The summed E-state index contributed by atoms with van der Waals surface area (Å²) in [6.45, 7) is 4.35. The van der Waals surface area contributed by atoms with Gasteiger partial charge in [0.15, 0.2) is 0 Å². The molecule has 2 aliphatic heterocycles. The zero-order valence-corrected chi connectivity index (χ0v) is 8.94. The quantitative estimate of drug-likeness (QED) is 0.693. The molecule has 0 bridgehead atoms. The maximum absolute atomic E-state index is 11.5. The second-order valence-electron chi connectivity index (χ2n) is 4.70. The molecule has 2 heterocycles. The molecule has 1 unspecified atom stereocenters. The van der Waals surface area contributed by atoms with Crippen LogP contribution in [0.25, 0.3) is 0 Å². The number of hydrogen-bond donors (Lipinski definition) is 2. The van der Waals surface area contributed by atoms with Crippen molar-refractivity contribution in [2.24, 2.45) is 5.41 Å². The fourth-order valence-corrected chi connectivity index (χ4v) is 2.96. The van der Waals surface area contributed by atoms with E-state index in [4.69, 9.17) is 0 Å². The number of nitrogens with one attached hydrogen (secondary N) is 2. The molecule has 14 heavy (non-hydrogen) atoms. The van der Waals surface area contributed by atoms with Crippen molar-refractivity contribution in [3.8, 4) is 0 Å². The van der Waals surface area contributed by atoms with Gasteiger partial charge in [-0.3, -0.25) is 4.79 Å². The van der Waals surface area contributed by atoms with Gasteiger partial charge in [0.05, 0.1) is 0 Å². The van der Waals surface area contributed by atoms with Gasteiger partial charge >= 0.3 is 0 Å². The van der Waals surface area contributed by atoms with E-state index in [0.29, 0.717) is 11.5 Å². The van der Waals surface area contributed by atoms with Crippen molar-refractivity contribution >= 4 is 5.91 Å². The van der Waals surface area contributed by atoms with Crippen molar-refractivity contribution in [1.82, 2.24) is 10.6 Å². The lowest BCUT2D eigenvalue weighted by atomic mass is 9.72. The van der Waals surface area contributed by atoms with Gasteiger partial charge in [0.25, 0.3) is 0 Å². The predicted molar refractivity (Wildman–Crippen MR) is 56.0 cm³/mol. The fraction of sp³-hybridized carbons (Fsp3) is 0.909. The van der Waals surface area contributed by atoms with Crippen molar-refractivity contribution in [3.05, 3.63) is 0 Å². The minimum atomic E-state index is 0.269. The van der Waals surface area contributed by atoms with Crippen molar-refractivity contribution < 1.29 is 4.79 Å². The van der Waals surface area contributed by atoms with Crippen LogP contribution in [-0.4, -0.2) is 25.0 Å². The van der Waals surface area contributed by atoms with Crippen LogP contribution in [-0.2, 0) is 4.79 Å². The molecule has 80 valence electrons. The molecule has 1 spiro atoms. The Morgan fingerprint density at radius 2 is 2.14 bits per heavy atom. The van der Waals surface area contributed by atoms with Crippen LogP contribution in [0.4, 0.5) is 0 Å². The minimum absolute atomic E-state index is 0.269. The lowest BCUT2D eigenvalue weighted by Gasteiger charge is -2.37. The SMILES string of the molecule is CCCC1NC(=O)CC12CCNCC2. The van der Waals surface area contributed by atoms with E-state index in [2.05, 4.69) is 17.6 Å². The molecule has 0 aromatic heterocycles. The average Bonchev–Trinajstić information content (AvgIpc) is 2.45. The molecular formula is C11H20N2O. The molecule has 0 aromatic rings. The molecular weight excluding hydrogens is 176 g/mol. The Hall–Kier alpha value is -0.570. The number of carbonyl (C=O) groups excluding carboxylic acids is 1. The Bertz CT molecular complexity index is 221. The molecule has 2 rings (SSSR count). The van der Waals surface area contributed by atoms with Crippen LogP contribution < -0.4 is 10.6 Å². The van der Waals surface area contributed by atoms with Gasteiger partial charge in [-0.1, -0.05) is 13.3 Å². The fourth-order valence-electron chi connectivity index (χ4n) is 2.96. The van der Waals surface area contributed by atoms with Crippen LogP contribution in [0.5, 0.6) is 0 Å². The van der Waals surface area contributed by atoms with Gasteiger partial charge in [-0.15, -0.1) is 0 Å². The molecule has 1 atom stereocenters. The predicted octanol–water partition coefficient (Wildman–Crippen LogP) is 1.04. The zero-order chi connectivity index (χ0) is 10.0. The Labute approximate surface area is 85.6 Å². The largest absolute Gasteiger partial charge is 0.353 e. The van der Waals surface area contributed by atoms with Crippen molar-refractivity contribution in [2.75, 3.05) is 13.1 Å². The molecule has 3 heteroatoms. The van der Waals surface area contributed by atoms with Crippen LogP contribution >= 0.6 is 0 Å². The monoisotopic (exact) mass is 196 g/mol. The highest BCUT2D eigenvalue weighted by Crippen LogP contribution is 2.41. The third-order valence-corrected chi connectivity index (χ3v) is 3.76. The summed E-state index contributed by atoms with van der Waals surface area (Å²) in [6, 6.07) is 0.446. The van der Waals surface area contributed by atoms with Gasteiger partial charge in [0, 0.05) is 17.9 Å². The first-order valence-corrected chi connectivity index (χ1v) is 5.77. The first-order chi connectivity index (χ1) is 6.77. The van der Waals surface area contributed by atoms with Gasteiger partial charge in [0.2, 0.25) is 5.91 Å². The standard InChI is InChI=1S/C11H20N2O/c1-2-3-9-11(8-10(14)13-9)4-6-12-7-5-11/h9,12H,2-8H2,1H3,(H,13,14). The van der Waals surface area contributed by atoms with Crippen LogP contribution in [0.15, 0.2) is 0 Å². The molecule has 2 saturated heterocycles. The molecule has 0 saturated carbocycles. The number of hydrogen-bond acceptors (Lipinski definition) is 2. The van der Waals surface area contributed by atoms with E-state index in [1.54, 1.807) is 0 Å². The van der Waals surface area contributed by atoms with E-state index in [1.807, 2.05) is 0 Å². The molecule has 0 radical (unpaired) electrons. The van der Waals surface area contributed by atoms with Crippen LogP contribution in [0.2, 0.25) is 0 Å². The number of rotatable bonds is 2. The van der Waals surface area contributed by atoms with E-state index >= 15 is 0 Å². The lowest BCUT2D eigenvalue weighted by Crippen LogP contribution is -2.44. The second-order valence-corrected chi connectivity index (χ2v) is 4.70. The average molecular weight is 196 g/mol. The van der Waals surface area contributed by atoms with E-state index < -0.39 is 0 Å². The highest BCUT2D eigenvalue weighted by atomic mass is 16.2. The van der Waals surface area contributed by atoms with E-state index in [1.165, 1.54) is 6.42 Å². The van der Waals surface area contributed by atoms with Gasteiger partial charge in [-0.05, 0) is 32.4 Å². The maximum Gasteiger partial charge on any atom is 0.220 e. The Morgan fingerprint density at radius 3 is 2.79 bits per heavy atom. The Morgan fingerprint density at radius 1 is 1.43 bits per heavy atom.